The molecule has 118 valence electrons. The van der Waals surface area contributed by atoms with Crippen LogP contribution >= 0.6 is 0 Å². The van der Waals surface area contributed by atoms with Crippen LogP contribution in [0.3, 0.4) is 0 Å². The Kier molecular flexibility index (Phi) is 5.29. The highest BCUT2D eigenvalue weighted by molar-refractivity contribution is 4.91. The third-order valence-electron chi connectivity index (χ3n) is 3.61. The Hall–Kier alpha value is -0.360. The van der Waals surface area contributed by atoms with Crippen LogP contribution in [-0.4, -0.2) is 99.4 Å². The third-order valence-corrected chi connectivity index (χ3v) is 3.61. The molecule has 0 aliphatic carbocycles. The summed E-state index contributed by atoms with van der Waals surface area (Å²) in [4.78, 5) is 0. The molecule has 0 aromatic heterocycles. The van der Waals surface area contributed by atoms with Crippen molar-refractivity contribution in [3.05, 3.63) is 0 Å². The fraction of sp³-hybridized carbons (Fsp3) is 1.00. The fourth-order valence-corrected chi connectivity index (χ4v) is 2.38. The first-order valence-electron chi connectivity index (χ1n) is 6.48. The lowest BCUT2D eigenvalue weighted by molar-refractivity contribution is -0.324. The Labute approximate surface area is 115 Å². The molecule has 0 aromatic carbocycles. The molecule has 0 aromatic rings. The summed E-state index contributed by atoms with van der Waals surface area (Å²) < 4.78 is 10.5. The van der Waals surface area contributed by atoms with Gasteiger partial charge in [0.05, 0.1) is 18.8 Å². The van der Waals surface area contributed by atoms with Crippen molar-refractivity contribution >= 4 is 0 Å². The van der Waals surface area contributed by atoms with Crippen LogP contribution in [0.1, 0.15) is 0 Å². The van der Waals surface area contributed by atoms with Crippen LogP contribution in [0.2, 0.25) is 0 Å². The summed E-state index contributed by atoms with van der Waals surface area (Å²) in [6.07, 6.45) is -10.1. The Morgan fingerprint density at radius 3 is 2.10 bits per heavy atom. The number of piperidine rings is 1. The average Bonchev–Trinajstić information content (AvgIpc) is 2.43. The summed E-state index contributed by atoms with van der Waals surface area (Å²) in [7, 11) is 0. The van der Waals surface area contributed by atoms with Gasteiger partial charge >= 0.3 is 0 Å². The molecule has 20 heavy (non-hydrogen) atoms. The lowest BCUT2D eigenvalue weighted by atomic mass is 9.98. The lowest BCUT2D eigenvalue weighted by Crippen LogP contribution is -2.62. The minimum Gasteiger partial charge on any atom is -0.394 e. The van der Waals surface area contributed by atoms with Crippen LogP contribution in [0.25, 0.3) is 0 Å². The van der Waals surface area contributed by atoms with E-state index in [4.69, 9.17) is 14.6 Å². The number of rotatable bonds is 3. The van der Waals surface area contributed by atoms with E-state index >= 15 is 0 Å². The first kappa shape index (κ1) is 16.0. The van der Waals surface area contributed by atoms with Crippen LogP contribution in [0, 0.1) is 0 Å². The Bertz CT molecular complexity index is 307. The van der Waals surface area contributed by atoms with E-state index in [0.29, 0.717) is 0 Å². The van der Waals surface area contributed by atoms with E-state index in [0.717, 1.165) is 0 Å². The van der Waals surface area contributed by atoms with Crippen molar-refractivity contribution in [2.24, 2.45) is 0 Å². The molecule has 2 fully saturated rings. The van der Waals surface area contributed by atoms with Gasteiger partial charge in [-0.15, -0.1) is 0 Å². The maximum Gasteiger partial charge on any atom is 0.187 e. The molecule has 0 saturated carbocycles. The molecule has 0 unspecified atom stereocenters. The van der Waals surface area contributed by atoms with Gasteiger partial charge in [-0.05, 0) is 0 Å². The molecule has 2 rings (SSSR count). The SMILES string of the molecule is OC[C@H]1O[C@H](OC2[C@H](O)CNC[C@H]2O)[C@H](O)[C@@H](O)[C@@H]1O. The number of β-amino-alcohol motifs (C(OH)–C–C–N with tert-alkyl or cyclic N) is 2. The minimum atomic E-state index is -1.55. The first-order chi connectivity index (χ1) is 9.45. The van der Waals surface area contributed by atoms with E-state index in [9.17, 15) is 25.5 Å². The maximum absolute atomic E-state index is 9.80. The zero-order chi connectivity index (χ0) is 14.9. The molecule has 2 aliphatic heterocycles. The van der Waals surface area contributed by atoms with Crippen molar-refractivity contribution in [1.29, 1.82) is 0 Å². The molecule has 9 heteroatoms. The van der Waals surface area contributed by atoms with Gasteiger partial charge in [0.15, 0.2) is 6.29 Å². The van der Waals surface area contributed by atoms with Crippen LogP contribution in [0.5, 0.6) is 0 Å². The van der Waals surface area contributed by atoms with Crippen molar-refractivity contribution < 1.29 is 40.1 Å². The zero-order valence-corrected chi connectivity index (χ0v) is 10.7. The molecule has 0 bridgehead atoms. The van der Waals surface area contributed by atoms with Crippen LogP contribution in [0.15, 0.2) is 0 Å². The minimum absolute atomic E-state index is 0.207. The molecule has 7 atom stereocenters. The van der Waals surface area contributed by atoms with E-state index in [1.165, 1.54) is 0 Å². The molecule has 0 radical (unpaired) electrons. The summed E-state index contributed by atoms with van der Waals surface area (Å²) >= 11 is 0. The Morgan fingerprint density at radius 2 is 1.55 bits per heavy atom. The van der Waals surface area contributed by atoms with Crippen LogP contribution < -0.4 is 5.32 Å². The zero-order valence-electron chi connectivity index (χ0n) is 10.7. The number of hydrogen-bond acceptors (Lipinski definition) is 9. The number of nitrogens with one attached hydrogen (secondary N) is 1. The second-order valence-electron chi connectivity index (χ2n) is 5.09. The Balaban J connectivity index is 2.03. The normalized spacial score (nSPS) is 47.4. The van der Waals surface area contributed by atoms with Gasteiger partial charge in [0.1, 0.15) is 30.5 Å². The molecule has 2 aliphatic rings. The number of hydrogen-bond donors (Lipinski definition) is 7. The third kappa shape index (κ3) is 3.11. The van der Waals surface area contributed by atoms with Crippen LogP contribution in [0.4, 0.5) is 0 Å². The van der Waals surface area contributed by atoms with Gasteiger partial charge in [0.25, 0.3) is 0 Å². The van der Waals surface area contributed by atoms with Crippen molar-refractivity contribution in [1.82, 2.24) is 5.32 Å². The monoisotopic (exact) mass is 295 g/mol. The van der Waals surface area contributed by atoms with E-state index < -0.39 is 55.6 Å². The van der Waals surface area contributed by atoms with Gasteiger partial charge in [0, 0.05) is 13.1 Å². The molecular weight excluding hydrogens is 274 g/mol. The molecule has 7 N–H and O–H groups in total. The van der Waals surface area contributed by atoms with E-state index in [1.54, 1.807) is 0 Å². The van der Waals surface area contributed by atoms with Gasteiger partial charge < -0.3 is 45.4 Å². The van der Waals surface area contributed by atoms with Gasteiger partial charge in [-0.25, -0.2) is 0 Å². The smallest absolute Gasteiger partial charge is 0.187 e. The number of aliphatic hydroxyl groups excluding tert-OH is 6. The van der Waals surface area contributed by atoms with Crippen molar-refractivity contribution in [3.63, 3.8) is 0 Å². The standard InChI is InChI=1S/C11H21NO8/c13-3-6-7(16)8(17)9(18)11(19-6)20-10-4(14)1-12-2-5(10)15/h4-18H,1-3H2/t4-,5-,6-,7-,8+,9-,11-/m1/s1. The molecule has 2 heterocycles. The predicted molar refractivity (Wildman–Crippen MR) is 63.5 cm³/mol. The van der Waals surface area contributed by atoms with Crippen molar-refractivity contribution in [3.8, 4) is 0 Å². The molecule has 0 amide bonds. The second-order valence-corrected chi connectivity index (χ2v) is 5.09. The van der Waals surface area contributed by atoms with E-state index in [-0.39, 0.29) is 13.1 Å². The largest absolute Gasteiger partial charge is 0.394 e. The lowest BCUT2D eigenvalue weighted by Gasteiger charge is -2.43. The van der Waals surface area contributed by atoms with E-state index in [1.807, 2.05) is 0 Å². The second kappa shape index (κ2) is 6.60. The summed E-state index contributed by atoms with van der Waals surface area (Å²) in [6.45, 7) is -0.152. The van der Waals surface area contributed by atoms with Gasteiger partial charge in [0.2, 0.25) is 0 Å². The summed E-state index contributed by atoms with van der Waals surface area (Å²) in [5, 5.41) is 60.4. The maximum atomic E-state index is 9.80. The molecule has 9 nitrogen and oxygen atoms in total. The highest BCUT2D eigenvalue weighted by Crippen LogP contribution is 2.24. The fourth-order valence-electron chi connectivity index (χ4n) is 2.38. The highest BCUT2D eigenvalue weighted by atomic mass is 16.7. The van der Waals surface area contributed by atoms with Crippen molar-refractivity contribution in [2.45, 2.75) is 49.0 Å². The van der Waals surface area contributed by atoms with Crippen molar-refractivity contribution in [2.75, 3.05) is 19.7 Å². The van der Waals surface area contributed by atoms with Gasteiger partial charge in [-0.1, -0.05) is 0 Å². The predicted octanol–water partition coefficient (Wildman–Crippen LogP) is -4.50. The van der Waals surface area contributed by atoms with Gasteiger partial charge in [-0.3, -0.25) is 0 Å². The average molecular weight is 295 g/mol. The molecule has 0 spiro atoms. The van der Waals surface area contributed by atoms with E-state index in [2.05, 4.69) is 5.32 Å². The molecule has 2 saturated heterocycles. The summed E-state index contributed by atoms with van der Waals surface area (Å²) in [5.74, 6) is 0. The van der Waals surface area contributed by atoms with Crippen LogP contribution in [-0.2, 0) is 9.47 Å². The number of aliphatic hydroxyl groups is 6. The Morgan fingerprint density at radius 1 is 0.950 bits per heavy atom. The quantitative estimate of drug-likeness (QED) is 0.273. The highest BCUT2D eigenvalue weighted by Gasteiger charge is 2.46. The molecular formula is C11H21NO8. The number of ether oxygens (including phenoxy) is 2. The van der Waals surface area contributed by atoms with Gasteiger partial charge in [-0.2, -0.15) is 0 Å². The summed E-state index contributed by atoms with van der Waals surface area (Å²) in [5.41, 5.74) is 0. The first-order valence-corrected chi connectivity index (χ1v) is 6.48. The topological polar surface area (TPSA) is 152 Å². The summed E-state index contributed by atoms with van der Waals surface area (Å²) in [6, 6.07) is 0.